The topological polar surface area (TPSA) is 67.4 Å². The average molecular weight is 236 g/mol. The third kappa shape index (κ3) is 1.30. The van der Waals surface area contributed by atoms with Crippen LogP contribution in [0.15, 0.2) is 28.8 Å². The van der Waals surface area contributed by atoms with Crippen LogP contribution in [0.3, 0.4) is 0 Å². The summed E-state index contributed by atoms with van der Waals surface area (Å²) < 4.78 is 4.91. The highest BCUT2D eigenvalue weighted by atomic mass is 32.1. The first-order valence-electron chi connectivity index (χ1n) is 4.77. The van der Waals surface area contributed by atoms with Gasteiger partial charge in [0.25, 0.3) is 0 Å². The normalized spacial score (nSPS) is 23.6. The van der Waals surface area contributed by atoms with Gasteiger partial charge in [0.05, 0.1) is 17.3 Å². The molecule has 0 bridgehead atoms. The van der Waals surface area contributed by atoms with Gasteiger partial charge in [-0.25, -0.2) is 9.59 Å². The number of esters is 1. The molecule has 16 heavy (non-hydrogen) atoms. The third-order valence-electron chi connectivity index (χ3n) is 2.55. The summed E-state index contributed by atoms with van der Waals surface area (Å²) in [6.07, 6.45) is 0. The lowest BCUT2D eigenvalue weighted by Gasteiger charge is -2.23. The first-order chi connectivity index (χ1) is 7.75. The Morgan fingerprint density at radius 2 is 2.31 bits per heavy atom. The minimum atomic E-state index is -0.376. The van der Waals surface area contributed by atoms with Gasteiger partial charge in [-0.2, -0.15) is 0 Å². The van der Waals surface area contributed by atoms with Crippen LogP contribution < -0.4 is 10.6 Å². The number of rotatable bonds is 1. The second-order valence-electron chi connectivity index (χ2n) is 3.52. The molecule has 5 nitrogen and oxygen atoms in total. The van der Waals surface area contributed by atoms with E-state index in [0.717, 1.165) is 4.88 Å². The molecule has 0 spiro atoms. The van der Waals surface area contributed by atoms with E-state index in [1.807, 2.05) is 17.5 Å². The zero-order valence-corrected chi connectivity index (χ0v) is 8.97. The number of amides is 2. The molecule has 82 valence electrons. The fraction of sp³-hybridized carbons (Fsp3) is 0.200. The summed E-state index contributed by atoms with van der Waals surface area (Å²) in [5.74, 6) is -0.360. The summed E-state index contributed by atoms with van der Waals surface area (Å²) in [5, 5.41) is 7.22. The van der Waals surface area contributed by atoms with Crippen molar-refractivity contribution in [2.45, 2.75) is 6.04 Å². The van der Waals surface area contributed by atoms with Crippen LogP contribution in [-0.2, 0) is 9.53 Å². The highest BCUT2D eigenvalue weighted by molar-refractivity contribution is 7.10. The fourth-order valence-electron chi connectivity index (χ4n) is 1.86. The van der Waals surface area contributed by atoms with Gasteiger partial charge in [-0.3, -0.25) is 0 Å². The molecule has 0 fully saturated rings. The molecule has 1 atom stereocenters. The van der Waals surface area contributed by atoms with Crippen molar-refractivity contribution >= 4 is 23.3 Å². The summed E-state index contributed by atoms with van der Waals surface area (Å²) in [4.78, 5) is 23.9. The average Bonchev–Trinajstić information content (AvgIpc) is 2.87. The van der Waals surface area contributed by atoms with Crippen LogP contribution in [0.5, 0.6) is 0 Å². The van der Waals surface area contributed by atoms with Gasteiger partial charge >= 0.3 is 12.0 Å². The van der Waals surface area contributed by atoms with Crippen molar-refractivity contribution in [3.05, 3.63) is 33.7 Å². The molecule has 0 radical (unpaired) electrons. The minimum absolute atomic E-state index is 0.156. The maximum atomic E-state index is 11.6. The molecule has 2 aliphatic rings. The molecule has 1 unspecified atom stereocenters. The largest absolute Gasteiger partial charge is 0.456 e. The minimum Gasteiger partial charge on any atom is -0.456 e. The predicted octanol–water partition coefficient (Wildman–Crippen LogP) is 0.913. The Morgan fingerprint density at radius 3 is 3.06 bits per heavy atom. The molecule has 2 amide bonds. The van der Waals surface area contributed by atoms with Crippen LogP contribution >= 0.6 is 11.3 Å². The molecular formula is C10H8N2O3S. The first-order valence-corrected chi connectivity index (χ1v) is 5.65. The Kier molecular flexibility index (Phi) is 1.97. The second-order valence-corrected chi connectivity index (χ2v) is 4.49. The summed E-state index contributed by atoms with van der Waals surface area (Å²) >= 11 is 1.50. The smallest absolute Gasteiger partial charge is 0.338 e. The number of carbonyl (C=O) groups is 2. The maximum Gasteiger partial charge on any atom is 0.338 e. The molecule has 3 heterocycles. The molecule has 0 saturated carbocycles. The van der Waals surface area contributed by atoms with Gasteiger partial charge in [-0.15, -0.1) is 11.3 Å². The van der Waals surface area contributed by atoms with Crippen molar-refractivity contribution < 1.29 is 14.3 Å². The summed E-state index contributed by atoms with van der Waals surface area (Å²) in [7, 11) is 0. The highest BCUT2D eigenvalue weighted by Crippen LogP contribution is 2.32. The Bertz CT molecular complexity index is 492. The molecule has 0 aromatic carbocycles. The Hall–Kier alpha value is -1.82. The molecule has 0 aliphatic carbocycles. The number of urea groups is 1. The number of ether oxygens (including phenoxy) is 1. The van der Waals surface area contributed by atoms with Gasteiger partial charge in [0.2, 0.25) is 0 Å². The van der Waals surface area contributed by atoms with Crippen LogP contribution in [0.4, 0.5) is 4.79 Å². The van der Waals surface area contributed by atoms with Crippen LogP contribution in [0.2, 0.25) is 0 Å². The molecule has 1 aromatic rings. The quantitative estimate of drug-likeness (QED) is 0.712. The van der Waals surface area contributed by atoms with Crippen LogP contribution in [-0.4, -0.2) is 18.6 Å². The SMILES string of the molecule is O=C1NC2=C(C(=O)OC2)C(c2cccs2)N1. The van der Waals surface area contributed by atoms with E-state index in [-0.39, 0.29) is 24.6 Å². The van der Waals surface area contributed by atoms with E-state index >= 15 is 0 Å². The number of hydrogen-bond acceptors (Lipinski definition) is 4. The van der Waals surface area contributed by atoms with Gasteiger partial charge in [-0.05, 0) is 11.4 Å². The highest BCUT2D eigenvalue weighted by Gasteiger charge is 2.38. The second kappa shape index (κ2) is 3.34. The molecule has 2 aliphatic heterocycles. The number of cyclic esters (lactones) is 1. The standard InChI is InChI=1S/C10H8N2O3S/c13-9-7-5(4-15-9)11-10(14)12-8(7)6-2-1-3-16-6/h1-3,8H,4H2,(H2,11,12,14). The van der Waals surface area contributed by atoms with E-state index in [2.05, 4.69) is 10.6 Å². The van der Waals surface area contributed by atoms with Gasteiger partial charge in [0, 0.05) is 4.88 Å². The molecule has 1 aromatic heterocycles. The van der Waals surface area contributed by atoms with E-state index in [0.29, 0.717) is 11.3 Å². The number of nitrogens with one attached hydrogen (secondary N) is 2. The van der Waals surface area contributed by atoms with E-state index in [1.54, 1.807) is 0 Å². The van der Waals surface area contributed by atoms with Crippen LogP contribution in [0, 0.1) is 0 Å². The van der Waals surface area contributed by atoms with Crippen molar-refractivity contribution in [2.75, 3.05) is 6.61 Å². The van der Waals surface area contributed by atoms with Gasteiger partial charge < -0.3 is 15.4 Å². The fourth-order valence-corrected chi connectivity index (χ4v) is 2.64. The number of carbonyl (C=O) groups excluding carboxylic acids is 2. The summed E-state index contributed by atoms with van der Waals surface area (Å²) in [6.45, 7) is 0.156. The zero-order chi connectivity index (χ0) is 11.1. The van der Waals surface area contributed by atoms with Gasteiger partial charge in [0.1, 0.15) is 6.61 Å². The van der Waals surface area contributed by atoms with E-state index in [9.17, 15) is 9.59 Å². The van der Waals surface area contributed by atoms with Crippen molar-refractivity contribution in [3.63, 3.8) is 0 Å². The molecular weight excluding hydrogens is 228 g/mol. The van der Waals surface area contributed by atoms with Crippen molar-refractivity contribution in [2.24, 2.45) is 0 Å². The molecule has 6 heteroatoms. The Labute approximate surface area is 95.1 Å². The lowest BCUT2D eigenvalue weighted by atomic mass is 10.0. The summed E-state index contributed by atoms with van der Waals surface area (Å²) in [5.41, 5.74) is 1.09. The maximum absolute atomic E-state index is 11.6. The van der Waals surface area contributed by atoms with Crippen LogP contribution in [0.1, 0.15) is 10.9 Å². The first kappa shape index (κ1) is 9.41. The van der Waals surface area contributed by atoms with E-state index in [1.165, 1.54) is 11.3 Å². The van der Waals surface area contributed by atoms with Gasteiger partial charge in [0.15, 0.2) is 0 Å². The Morgan fingerprint density at radius 1 is 1.44 bits per heavy atom. The summed E-state index contributed by atoms with van der Waals surface area (Å²) in [6, 6.07) is 3.10. The van der Waals surface area contributed by atoms with Crippen LogP contribution in [0.25, 0.3) is 0 Å². The lowest BCUT2D eigenvalue weighted by Crippen LogP contribution is -2.44. The third-order valence-corrected chi connectivity index (χ3v) is 3.49. The van der Waals surface area contributed by atoms with Crippen molar-refractivity contribution in [1.82, 2.24) is 10.6 Å². The Balaban J connectivity index is 2.07. The predicted molar refractivity (Wildman–Crippen MR) is 56.7 cm³/mol. The monoisotopic (exact) mass is 236 g/mol. The van der Waals surface area contributed by atoms with Crippen molar-refractivity contribution in [3.8, 4) is 0 Å². The zero-order valence-electron chi connectivity index (χ0n) is 8.15. The van der Waals surface area contributed by atoms with Crippen molar-refractivity contribution in [1.29, 1.82) is 0 Å². The number of hydrogen-bond donors (Lipinski definition) is 2. The molecule has 2 N–H and O–H groups in total. The van der Waals surface area contributed by atoms with E-state index < -0.39 is 0 Å². The lowest BCUT2D eigenvalue weighted by molar-refractivity contribution is -0.136. The van der Waals surface area contributed by atoms with Gasteiger partial charge in [-0.1, -0.05) is 6.07 Å². The molecule has 3 rings (SSSR count). The molecule has 0 saturated heterocycles. The van der Waals surface area contributed by atoms with E-state index in [4.69, 9.17) is 4.74 Å². The number of thiophene rings is 1.